The molecule has 3 rings (SSSR count). The standard InChI is InChI=1S/C16H17ClF3N5O4S2/c1-24-14(16(18,19)20)22-23-15(24)30-9-13(26)21-12-8-10(2-3-11(12)17)31(27,28)25-4-6-29-7-5-25/h2-3,8H,4-7,9H2,1H3,(H,21,26). The number of nitrogens with zero attached hydrogens (tertiary/aromatic N) is 4. The van der Waals surface area contributed by atoms with E-state index >= 15 is 0 Å². The van der Waals surface area contributed by atoms with Crippen molar-refractivity contribution in [3.05, 3.63) is 29.0 Å². The van der Waals surface area contributed by atoms with Gasteiger partial charge in [-0.15, -0.1) is 10.2 Å². The third kappa shape index (κ3) is 5.49. The van der Waals surface area contributed by atoms with E-state index < -0.39 is 27.9 Å². The minimum Gasteiger partial charge on any atom is -0.379 e. The number of sulfonamides is 1. The van der Waals surface area contributed by atoms with Gasteiger partial charge in [0.2, 0.25) is 21.8 Å². The van der Waals surface area contributed by atoms with Crippen LogP contribution in [0.1, 0.15) is 5.82 Å². The third-order valence-corrected chi connectivity index (χ3v) is 7.49. The molecule has 0 bridgehead atoms. The highest BCUT2D eigenvalue weighted by Crippen LogP contribution is 2.30. The molecule has 1 aromatic carbocycles. The molecule has 31 heavy (non-hydrogen) atoms. The first-order valence-electron chi connectivity index (χ1n) is 8.77. The molecule has 1 amide bonds. The van der Waals surface area contributed by atoms with E-state index in [1.54, 1.807) is 0 Å². The van der Waals surface area contributed by atoms with Gasteiger partial charge >= 0.3 is 6.18 Å². The van der Waals surface area contributed by atoms with Crippen LogP contribution in [0.15, 0.2) is 28.3 Å². The molecule has 1 fully saturated rings. The molecule has 0 saturated carbocycles. The Morgan fingerprint density at radius 1 is 1.29 bits per heavy atom. The maximum absolute atomic E-state index is 12.8. The second kappa shape index (κ2) is 9.32. The van der Waals surface area contributed by atoms with Gasteiger partial charge in [-0.05, 0) is 18.2 Å². The van der Waals surface area contributed by atoms with Gasteiger partial charge in [0, 0.05) is 20.1 Å². The Kier molecular flexibility index (Phi) is 7.15. The summed E-state index contributed by atoms with van der Waals surface area (Å²) in [6.45, 7) is 0.985. The first kappa shape index (κ1) is 23.8. The third-order valence-electron chi connectivity index (χ3n) is 4.24. The van der Waals surface area contributed by atoms with E-state index in [-0.39, 0.29) is 52.8 Å². The molecule has 0 spiro atoms. The number of halogens is 4. The Balaban J connectivity index is 1.69. The summed E-state index contributed by atoms with van der Waals surface area (Å²) >= 11 is 6.81. The molecule has 1 aliphatic heterocycles. The number of benzene rings is 1. The zero-order valence-corrected chi connectivity index (χ0v) is 18.4. The first-order chi connectivity index (χ1) is 14.5. The summed E-state index contributed by atoms with van der Waals surface area (Å²) in [5.74, 6) is -2.08. The topological polar surface area (TPSA) is 106 Å². The lowest BCUT2D eigenvalue weighted by atomic mass is 10.3. The van der Waals surface area contributed by atoms with E-state index in [2.05, 4.69) is 15.5 Å². The normalized spacial score (nSPS) is 15.8. The number of carbonyl (C=O) groups excluding carboxylic acids is 1. The van der Waals surface area contributed by atoms with Crippen molar-refractivity contribution in [2.24, 2.45) is 7.05 Å². The Bertz CT molecular complexity index is 1070. The number of hydrogen-bond donors (Lipinski definition) is 1. The Labute approximate surface area is 184 Å². The molecule has 0 atom stereocenters. The van der Waals surface area contributed by atoms with Crippen LogP contribution in [0, 0.1) is 0 Å². The van der Waals surface area contributed by atoms with Gasteiger partial charge in [-0.3, -0.25) is 4.79 Å². The molecule has 2 aromatic rings. The lowest BCUT2D eigenvalue weighted by Gasteiger charge is -2.26. The Morgan fingerprint density at radius 2 is 1.97 bits per heavy atom. The summed E-state index contributed by atoms with van der Waals surface area (Å²) in [4.78, 5) is 12.2. The second-order valence-electron chi connectivity index (χ2n) is 6.36. The van der Waals surface area contributed by atoms with Crippen LogP contribution in [0.3, 0.4) is 0 Å². The van der Waals surface area contributed by atoms with Crippen molar-refractivity contribution >= 4 is 45.0 Å². The fraction of sp³-hybridized carbons (Fsp3) is 0.438. The SMILES string of the molecule is Cn1c(SCC(=O)Nc2cc(S(=O)(=O)N3CCOCC3)ccc2Cl)nnc1C(F)(F)F. The fourth-order valence-electron chi connectivity index (χ4n) is 2.70. The predicted molar refractivity (Wildman–Crippen MR) is 106 cm³/mol. The molecular formula is C16H17ClF3N5O4S2. The van der Waals surface area contributed by atoms with E-state index in [4.69, 9.17) is 16.3 Å². The lowest BCUT2D eigenvalue weighted by Crippen LogP contribution is -2.40. The van der Waals surface area contributed by atoms with Gasteiger partial charge in [-0.1, -0.05) is 23.4 Å². The second-order valence-corrected chi connectivity index (χ2v) is 9.65. The zero-order valence-electron chi connectivity index (χ0n) is 16.0. The molecule has 170 valence electrons. The van der Waals surface area contributed by atoms with Crippen molar-refractivity contribution in [3.63, 3.8) is 0 Å². The van der Waals surface area contributed by atoms with Crippen LogP contribution < -0.4 is 5.32 Å². The summed E-state index contributed by atoms with van der Waals surface area (Å²) in [6.07, 6.45) is -4.66. The smallest absolute Gasteiger partial charge is 0.379 e. The average Bonchev–Trinajstić information content (AvgIpc) is 3.09. The number of anilines is 1. The quantitative estimate of drug-likeness (QED) is 0.607. The number of nitrogens with one attached hydrogen (secondary N) is 1. The molecule has 1 aliphatic rings. The summed E-state index contributed by atoms with van der Waals surface area (Å²) in [5, 5.41) is 8.99. The number of alkyl halides is 3. The van der Waals surface area contributed by atoms with E-state index in [9.17, 15) is 26.4 Å². The van der Waals surface area contributed by atoms with Crippen LogP contribution in [0.2, 0.25) is 5.02 Å². The average molecular weight is 500 g/mol. The monoisotopic (exact) mass is 499 g/mol. The van der Waals surface area contributed by atoms with Crippen LogP contribution >= 0.6 is 23.4 Å². The van der Waals surface area contributed by atoms with Gasteiger partial charge in [0.05, 0.1) is 34.6 Å². The fourth-order valence-corrected chi connectivity index (χ4v) is 5.01. The van der Waals surface area contributed by atoms with E-state index in [0.29, 0.717) is 0 Å². The number of carbonyl (C=O) groups is 1. The number of ether oxygens (including phenoxy) is 1. The molecule has 1 aromatic heterocycles. The van der Waals surface area contributed by atoms with Gasteiger partial charge in [-0.25, -0.2) is 8.42 Å². The maximum Gasteiger partial charge on any atom is 0.451 e. The number of amides is 1. The van der Waals surface area contributed by atoms with Crippen molar-refractivity contribution in [2.75, 3.05) is 37.4 Å². The van der Waals surface area contributed by atoms with Gasteiger partial charge in [0.1, 0.15) is 0 Å². The van der Waals surface area contributed by atoms with Gasteiger partial charge in [0.25, 0.3) is 0 Å². The van der Waals surface area contributed by atoms with Gasteiger partial charge in [-0.2, -0.15) is 17.5 Å². The molecule has 15 heteroatoms. The molecule has 0 aliphatic carbocycles. The van der Waals surface area contributed by atoms with Gasteiger partial charge < -0.3 is 14.6 Å². The molecule has 2 heterocycles. The van der Waals surface area contributed by atoms with Crippen molar-refractivity contribution in [2.45, 2.75) is 16.2 Å². The van der Waals surface area contributed by atoms with Gasteiger partial charge in [0.15, 0.2) is 5.16 Å². The summed E-state index contributed by atoms with van der Waals surface area (Å²) < 4.78 is 71.0. The minimum absolute atomic E-state index is 0.0510. The largest absolute Gasteiger partial charge is 0.451 e. The molecule has 9 nitrogen and oxygen atoms in total. The van der Waals surface area contributed by atoms with Crippen LogP contribution in [0.5, 0.6) is 0 Å². The first-order valence-corrected chi connectivity index (χ1v) is 11.6. The highest BCUT2D eigenvalue weighted by Gasteiger charge is 2.37. The maximum atomic E-state index is 12.8. The van der Waals surface area contributed by atoms with Crippen molar-refractivity contribution in [1.29, 1.82) is 0 Å². The number of morpholine rings is 1. The number of rotatable bonds is 6. The van der Waals surface area contributed by atoms with Crippen LogP contribution in [-0.2, 0) is 32.8 Å². The van der Waals surface area contributed by atoms with Crippen LogP contribution in [-0.4, -0.2) is 65.5 Å². The van der Waals surface area contributed by atoms with Crippen LogP contribution in [0.25, 0.3) is 0 Å². The molecule has 0 radical (unpaired) electrons. The van der Waals surface area contributed by atoms with Crippen molar-refractivity contribution in [1.82, 2.24) is 19.1 Å². The predicted octanol–water partition coefficient (Wildman–Crippen LogP) is 2.24. The highest BCUT2D eigenvalue weighted by atomic mass is 35.5. The molecule has 0 unspecified atom stereocenters. The molecule has 1 saturated heterocycles. The van der Waals surface area contributed by atoms with Crippen LogP contribution in [0.4, 0.5) is 18.9 Å². The van der Waals surface area contributed by atoms with E-state index in [0.717, 1.165) is 23.4 Å². The molecular weight excluding hydrogens is 483 g/mol. The summed E-state index contributed by atoms with van der Waals surface area (Å²) in [6, 6.07) is 3.91. The number of hydrogen-bond acceptors (Lipinski definition) is 7. The van der Waals surface area contributed by atoms with Crippen molar-refractivity contribution in [3.8, 4) is 0 Å². The highest BCUT2D eigenvalue weighted by molar-refractivity contribution is 7.99. The number of thioether (sulfide) groups is 1. The molecule has 1 N–H and O–H groups in total. The Morgan fingerprint density at radius 3 is 2.58 bits per heavy atom. The number of aromatic nitrogens is 3. The van der Waals surface area contributed by atoms with E-state index in [1.807, 2.05) is 0 Å². The Hall–Kier alpha value is -1.87. The van der Waals surface area contributed by atoms with E-state index in [1.165, 1.54) is 22.5 Å². The summed E-state index contributed by atoms with van der Waals surface area (Å²) in [5.41, 5.74) is 0.0653. The lowest BCUT2D eigenvalue weighted by molar-refractivity contribution is -0.147. The zero-order chi connectivity index (χ0) is 22.8. The summed E-state index contributed by atoms with van der Waals surface area (Å²) in [7, 11) is -2.66. The minimum atomic E-state index is -4.66. The van der Waals surface area contributed by atoms with Crippen molar-refractivity contribution < 1.29 is 31.1 Å².